The van der Waals surface area contributed by atoms with E-state index < -0.39 is 0 Å². The number of hydrogen-bond acceptors (Lipinski definition) is 1. The van der Waals surface area contributed by atoms with Gasteiger partial charge in [0.2, 0.25) is 0 Å². The zero-order chi connectivity index (χ0) is 17.6. The summed E-state index contributed by atoms with van der Waals surface area (Å²) in [6.45, 7) is 3.90. The Morgan fingerprint density at radius 1 is 0.417 bits per heavy atom. The maximum absolute atomic E-state index is 8.47. The van der Waals surface area contributed by atoms with Gasteiger partial charge in [0.1, 0.15) is 0 Å². The van der Waals surface area contributed by atoms with Crippen LogP contribution < -0.4 is 0 Å². The molecule has 0 aliphatic carbocycles. The van der Waals surface area contributed by atoms with Crippen LogP contribution in [0.3, 0.4) is 0 Å². The van der Waals surface area contributed by atoms with Crippen molar-refractivity contribution in [1.29, 1.82) is 5.26 Å². The van der Waals surface area contributed by atoms with Gasteiger partial charge in [-0.15, -0.1) is 0 Å². The Kier molecular flexibility index (Phi) is 22.0. The van der Waals surface area contributed by atoms with Crippen LogP contribution in [0.1, 0.15) is 135 Å². The van der Waals surface area contributed by atoms with Crippen LogP contribution in [0.25, 0.3) is 0 Å². The van der Waals surface area contributed by atoms with Crippen molar-refractivity contribution in [3.8, 4) is 6.07 Å². The predicted molar refractivity (Wildman–Crippen MR) is 108 cm³/mol. The quantitative estimate of drug-likeness (QED) is 0.205. The molecule has 0 aromatic rings. The van der Waals surface area contributed by atoms with Gasteiger partial charge in [0.25, 0.3) is 0 Å². The molecule has 0 rings (SSSR count). The van der Waals surface area contributed by atoms with E-state index >= 15 is 0 Å². The molecule has 0 N–H and O–H groups in total. The fourth-order valence-electron chi connectivity index (χ4n) is 3.39. The first-order valence-electron chi connectivity index (χ1n) is 11.1. The monoisotopic (exact) mass is 334 g/mol. The summed E-state index contributed by atoms with van der Waals surface area (Å²) < 4.78 is 0. The Bertz CT molecular complexity index is 253. The molecule has 0 bridgehead atoms. The van der Waals surface area contributed by atoms with Crippen molar-refractivity contribution in [3.05, 3.63) is 6.92 Å². The van der Waals surface area contributed by atoms with E-state index in [1.807, 2.05) is 0 Å². The van der Waals surface area contributed by atoms with E-state index in [1.54, 1.807) is 0 Å². The summed E-state index contributed by atoms with van der Waals surface area (Å²) in [7, 11) is 0. The standard InChI is InChI=1S/C23H44N/c1-2-3-4-5-6-7-8-9-10-11-12-13-14-15-16-17-18-19-20-21-22-23-24/h1-22H2. The lowest BCUT2D eigenvalue weighted by Gasteiger charge is -2.03. The third-order valence-electron chi connectivity index (χ3n) is 5.04. The van der Waals surface area contributed by atoms with Gasteiger partial charge in [0, 0.05) is 6.42 Å². The molecule has 0 saturated carbocycles. The Morgan fingerprint density at radius 3 is 0.917 bits per heavy atom. The first-order valence-corrected chi connectivity index (χ1v) is 11.1. The van der Waals surface area contributed by atoms with Crippen LogP contribution in [0.5, 0.6) is 0 Å². The molecule has 1 nitrogen and oxygen atoms in total. The van der Waals surface area contributed by atoms with Crippen LogP contribution in [0.4, 0.5) is 0 Å². The van der Waals surface area contributed by atoms with E-state index in [0.717, 1.165) is 19.3 Å². The van der Waals surface area contributed by atoms with E-state index in [4.69, 9.17) is 5.26 Å². The van der Waals surface area contributed by atoms with Crippen molar-refractivity contribution in [1.82, 2.24) is 0 Å². The Labute approximate surface area is 153 Å². The molecule has 0 heterocycles. The smallest absolute Gasteiger partial charge is 0.0621 e. The van der Waals surface area contributed by atoms with Crippen molar-refractivity contribution in [2.75, 3.05) is 0 Å². The highest BCUT2D eigenvalue weighted by molar-refractivity contribution is 4.67. The lowest BCUT2D eigenvalue weighted by atomic mass is 10.0. The lowest BCUT2D eigenvalue weighted by molar-refractivity contribution is 0.523. The fourth-order valence-corrected chi connectivity index (χ4v) is 3.39. The maximum Gasteiger partial charge on any atom is 0.0621 e. The van der Waals surface area contributed by atoms with Crippen LogP contribution in [0.15, 0.2) is 0 Å². The van der Waals surface area contributed by atoms with Crippen molar-refractivity contribution in [2.45, 2.75) is 135 Å². The molecule has 0 atom stereocenters. The second-order valence-corrected chi connectivity index (χ2v) is 7.48. The predicted octanol–water partition coefficient (Wildman–Crippen LogP) is 8.54. The minimum absolute atomic E-state index is 0.747. The average Bonchev–Trinajstić information content (AvgIpc) is 2.60. The lowest BCUT2D eigenvalue weighted by Crippen LogP contribution is -1.84. The van der Waals surface area contributed by atoms with Gasteiger partial charge in [-0.2, -0.15) is 5.26 Å². The van der Waals surface area contributed by atoms with Gasteiger partial charge in [-0.3, -0.25) is 0 Å². The Balaban J connectivity index is 2.94. The third-order valence-corrected chi connectivity index (χ3v) is 5.04. The van der Waals surface area contributed by atoms with Crippen LogP contribution in [-0.2, 0) is 0 Å². The molecule has 0 unspecified atom stereocenters. The van der Waals surface area contributed by atoms with Crippen LogP contribution in [0.2, 0.25) is 0 Å². The van der Waals surface area contributed by atoms with Gasteiger partial charge in [-0.1, -0.05) is 129 Å². The van der Waals surface area contributed by atoms with Crippen molar-refractivity contribution in [3.63, 3.8) is 0 Å². The SMILES string of the molecule is [CH2]CCCCCCCCCCCCCCCCCCCCCC#N. The molecule has 1 heteroatoms. The molecule has 0 fully saturated rings. The minimum atomic E-state index is 0.747. The topological polar surface area (TPSA) is 23.8 Å². The van der Waals surface area contributed by atoms with Gasteiger partial charge in [-0.05, 0) is 6.42 Å². The molecule has 0 amide bonds. The molecular weight excluding hydrogens is 290 g/mol. The summed E-state index contributed by atoms with van der Waals surface area (Å²) in [5, 5.41) is 8.47. The molecule has 0 spiro atoms. The summed E-state index contributed by atoms with van der Waals surface area (Å²) >= 11 is 0. The summed E-state index contributed by atoms with van der Waals surface area (Å²) in [4.78, 5) is 0. The first-order chi connectivity index (χ1) is 11.9. The third kappa shape index (κ3) is 21.5. The van der Waals surface area contributed by atoms with Crippen molar-refractivity contribution >= 4 is 0 Å². The molecule has 0 aliphatic heterocycles. The van der Waals surface area contributed by atoms with Gasteiger partial charge in [0.05, 0.1) is 6.07 Å². The molecule has 0 saturated heterocycles. The maximum atomic E-state index is 8.47. The van der Waals surface area contributed by atoms with Crippen LogP contribution in [0, 0.1) is 18.3 Å². The Morgan fingerprint density at radius 2 is 0.667 bits per heavy atom. The molecule has 1 radical (unpaired) electrons. The zero-order valence-corrected chi connectivity index (χ0v) is 16.5. The molecule has 0 aromatic heterocycles. The van der Waals surface area contributed by atoms with Crippen molar-refractivity contribution < 1.29 is 0 Å². The first kappa shape index (κ1) is 23.5. The van der Waals surface area contributed by atoms with Crippen LogP contribution in [-0.4, -0.2) is 0 Å². The normalized spacial score (nSPS) is 10.8. The molecule has 0 aliphatic rings. The van der Waals surface area contributed by atoms with Crippen LogP contribution >= 0.6 is 0 Å². The summed E-state index contributed by atoms with van der Waals surface area (Å²) in [5.74, 6) is 0. The number of nitrogens with zero attached hydrogens (tertiary/aromatic N) is 1. The molecule has 141 valence electrons. The molecular formula is C23H44N. The number of nitriles is 1. The van der Waals surface area contributed by atoms with Gasteiger partial charge < -0.3 is 0 Å². The van der Waals surface area contributed by atoms with Gasteiger partial charge >= 0.3 is 0 Å². The molecule has 24 heavy (non-hydrogen) atoms. The van der Waals surface area contributed by atoms with E-state index in [0.29, 0.717) is 0 Å². The minimum Gasteiger partial charge on any atom is -0.198 e. The largest absolute Gasteiger partial charge is 0.198 e. The van der Waals surface area contributed by atoms with Crippen molar-refractivity contribution in [2.24, 2.45) is 0 Å². The van der Waals surface area contributed by atoms with E-state index in [-0.39, 0.29) is 0 Å². The summed E-state index contributed by atoms with van der Waals surface area (Å²) in [5.41, 5.74) is 0. The number of unbranched alkanes of at least 4 members (excludes halogenated alkanes) is 20. The van der Waals surface area contributed by atoms with E-state index in [9.17, 15) is 0 Å². The highest BCUT2D eigenvalue weighted by atomic mass is 14.2. The molecule has 0 aromatic carbocycles. The highest BCUT2D eigenvalue weighted by Gasteiger charge is 1.95. The van der Waals surface area contributed by atoms with Gasteiger partial charge in [0.15, 0.2) is 0 Å². The summed E-state index contributed by atoms with van der Waals surface area (Å²) in [6.07, 6.45) is 28.4. The second-order valence-electron chi connectivity index (χ2n) is 7.48. The zero-order valence-electron chi connectivity index (χ0n) is 16.5. The van der Waals surface area contributed by atoms with E-state index in [2.05, 4.69) is 13.0 Å². The van der Waals surface area contributed by atoms with Gasteiger partial charge in [-0.25, -0.2) is 0 Å². The number of hydrogen-bond donors (Lipinski definition) is 0. The Hall–Kier alpha value is -0.510. The second kappa shape index (κ2) is 22.5. The summed E-state index contributed by atoms with van der Waals surface area (Å²) in [6, 6.07) is 2.22. The average molecular weight is 335 g/mol. The fraction of sp³-hybridized carbons (Fsp3) is 0.913. The highest BCUT2D eigenvalue weighted by Crippen LogP contribution is 2.14. The van der Waals surface area contributed by atoms with E-state index in [1.165, 1.54) is 116 Å². The number of rotatable bonds is 20.